The number of para-hydroxylation sites is 2. The van der Waals surface area contributed by atoms with Crippen molar-refractivity contribution in [1.29, 1.82) is 0 Å². The van der Waals surface area contributed by atoms with Crippen LogP contribution in [0.3, 0.4) is 0 Å². The molecule has 1 saturated heterocycles. The molecule has 0 radical (unpaired) electrons. The van der Waals surface area contributed by atoms with Gasteiger partial charge >= 0.3 is 0 Å². The number of hydrogen-bond donors (Lipinski definition) is 2. The van der Waals surface area contributed by atoms with Gasteiger partial charge in [0.05, 0.1) is 17.6 Å². The van der Waals surface area contributed by atoms with E-state index in [4.69, 9.17) is 0 Å². The lowest BCUT2D eigenvalue weighted by Crippen LogP contribution is -2.57. The summed E-state index contributed by atoms with van der Waals surface area (Å²) in [7, 11) is 1.87. The number of imidazole rings is 1. The number of carbonyl (C=O) groups is 1. The summed E-state index contributed by atoms with van der Waals surface area (Å²) in [6, 6.07) is 13.9. The number of likely N-dealkylation sites (N-methyl/N-ethyl adjacent to an activating group) is 1. The summed E-state index contributed by atoms with van der Waals surface area (Å²) in [6.07, 6.45) is 1.15. The topological polar surface area (TPSA) is 72.5 Å². The number of carbonyl (C=O) groups excluding carboxylic acids is 1. The number of rotatable bonds is 6. The zero-order valence-corrected chi connectivity index (χ0v) is 16.4. The molecule has 0 spiro atoms. The van der Waals surface area contributed by atoms with Crippen LogP contribution in [0.25, 0.3) is 11.0 Å². The summed E-state index contributed by atoms with van der Waals surface area (Å²) in [5, 5.41) is 11.1. The molecular weight excluding hydrogens is 371 g/mol. The van der Waals surface area contributed by atoms with Crippen LogP contribution in [-0.2, 0) is 17.9 Å². The molecule has 1 aliphatic rings. The molecule has 0 bridgehead atoms. The van der Waals surface area contributed by atoms with Crippen LogP contribution in [0.1, 0.15) is 24.2 Å². The second-order valence-corrected chi connectivity index (χ2v) is 7.86. The molecule has 2 heterocycles. The van der Waals surface area contributed by atoms with Crippen molar-refractivity contribution in [1.82, 2.24) is 19.8 Å². The predicted molar refractivity (Wildman–Crippen MR) is 108 cm³/mol. The van der Waals surface area contributed by atoms with Gasteiger partial charge in [-0.1, -0.05) is 24.3 Å². The lowest BCUT2D eigenvalue weighted by Gasteiger charge is -2.40. The van der Waals surface area contributed by atoms with E-state index in [1.165, 1.54) is 12.1 Å². The third-order valence-electron chi connectivity index (χ3n) is 5.38. The van der Waals surface area contributed by atoms with E-state index in [-0.39, 0.29) is 18.3 Å². The summed E-state index contributed by atoms with van der Waals surface area (Å²) in [5.41, 5.74) is 1.28. The monoisotopic (exact) mass is 396 g/mol. The van der Waals surface area contributed by atoms with Gasteiger partial charge in [-0.15, -0.1) is 0 Å². The maximum absolute atomic E-state index is 13.1. The molecule has 6 nitrogen and oxygen atoms in total. The normalized spacial score (nSPS) is 20.0. The smallest absolute Gasteiger partial charge is 0.256 e. The number of nitrogens with zero attached hydrogens (tertiary/aromatic N) is 3. The number of likely N-dealkylation sites (tertiary alicyclic amines) is 1. The maximum Gasteiger partial charge on any atom is 0.256 e. The first kappa shape index (κ1) is 19.5. The molecule has 2 N–H and O–H groups in total. The molecule has 2 aromatic carbocycles. The Kier molecular flexibility index (Phi) is 5.34. The minimum Gasteiger partial charge on any atom is -0.379 e. The molecule has 1 aliphatic heterocycles. The average molecular weight is 396 g/mol. The molecule has 0 saturated carbocycles. The molecule has 152 valence electrons. The highest BCUT2D eigenvalue weighted by Crippen LogP contribution is 2.25. The number of benzene rings is 2. The molecule has 3 aromatic rings. The Morgan fingerprint density at radius 3 is 2.76 bits per heavy atom. The third-order valence-corrected chi connectivity index (χ3v) is 5.38. The molecule has 1 atom stereocenters. The van der Waals surface area contributed by atoms with Crippen molar-refractivity contribution in [3.05, 3.63) is 65.7 Å². The zero-order chi connectivity index (χ0) is 20.4. The predicted octanol–water partition coefficient (Wildman–Crippen LogP) is 2.69. The summed E-state index contributed by atoms with van der Waals surface area (Å²) >= 11 is 0. The summed E-state index contributed by atoms with van der Waals surface area (Å²) in [6.45, 7) is 1.69. The van der Waals surface area contributed by atoms with Gasteiger partial charge in [-0.3, -0.25) is 9.69 Å². The van der Waals surface area contributed by atoms with E-state index < -0.39 is 5.60 Å². The Labute approximate surface area is 169 Å². The van der Waals surface area contributed by atoms with Crippen molar-refractivity contribution < 1.29 is 14.3 Å². The van der Waals surface area contributed by atoms with E-state index >= 15 is 0 Å². The highest BCUT2D eigenvalue weighted by molar-refractivity contribution is 5.86. The number of aromatic nitrogens is 2. The van der Waals surface area contributed by atoms with Crippen molar-refractivity contribution in [2.75, 3.05) is 20.1 Å². The van der Waals surface area contributed by atoms with Gasteiger partial charge in [-0.2, -0.15) is 0 Å². The molecule has 29 heavy (non-hydrogen) atoms. The Balaban J connectivity index is 1.42. The zero-order valence-electron chi connectivity index (χ0n) is 16.4. The number of aromatic amines is 1. The van der Waals surface area contributed by atoms with E-state index in [1.807, 2.05) is 36.2 Å². The highest BCUT2D eigenvalue weighted by Gasteiger charge is 2.42. The number of amides is 1. The Morgan fingerprint density at radius 2 is 2.00 bits per heavy atom. The van der Waals surface area contributed by atoms with Crippen molar-refractivity contribution in [3.8, 4) is 0 Å². The molecule has 1 fully saturated rings. The molecular formula is C22H25FN4O2. The Hall–Kier alpha value is -2.77. The maximum atomic E-state index is 13.1. The third kappa shape index (κ3) is 4.31. The van der Waals surface area contributed by atoms with E-state index in [0.717, 1.165) is 28.8 Å². The van der Waals surface area contributed by atoms with Gasteiger partial charge in [-0.05, 0) is 49.7 Å². The highest BCUT2D eigenvalue weighted by atomic mass is 19.1. The lowest BCUT2D eigenvalue weighted by atomic mass is 9.91. The molecule has 1 amide bonds. The minimum atomic E-state index is -1.43. The summed E-state index contributed by atoms with van der Waals surface area (Å²) in [4.78, 5) is 24.4. The van der Waals surface area contributed by atoms with Crippen molar-refractivity contribution in [2.24, 2.45) is 0 Å². The summed E-state index contributed by atoms with van der Waals surface area (Å²) in [5.74, 6) is 0.218. The van der Waals surface area contributed by atoms with Gasteiger partial charge in [0.25, 0.3) is 5.91 Å². The van der Waals surface area contributed by atoms with Crippen LogP contribution >= 0.6 is 0 Å². The second-order valence-electron chi connectivity index (χ2n) is 7.86. The molecule has 1 aromatic heterocycles. The van der Waals surface area contributed by atoms with Gasteiger partial charge in [-0.25, -0.2) is 9.37 Å². The molecule has 4 rings (SSSR count). The largest absolute Gasteiger partial charge is 0.379 e. The fourth-order valence-corrected chi connectivity index (χ4v) is 4.01. The molecule has 7 heteroatoms. The lowest BCUT2D eigenvalue weighted by molar-refractivity contribution is -0.160. The van der Waals surface area contributed by atoms with Gasteiger partial charge in [0.2, 0.25) is 0 Å². The first-order chi connectivity index (χ1) is 13.9. The SMILES string of the molecule is CN(Cc1nc2ccccc2[nH]1)C[C@]1(O)CCCN(Cc2ccc(F)cc2)C1=O. The number of fused-ring (bicyclic) bond motifs is 1. The number of piperidine rings is 1. The second kappa shape index (κ2) is 7.93. The quantitative estimate of drug-likeness (QED) is 0.672. The fourth-order valence-electron chi connectivity index (χ4n) is 4.01. The van der Waals surface area contributed by atoms with Crippen LogP contribution in [0.15, 0.2) is 48.5 Å². The number of aliphatic hydroxyl groups is 1. The van der Waals surface area contributed by atoms with Crippen molar-refractivity contribution in [2.45, 2.75) is 31.5 Å². The number of hydrogen-bond acceptors (Lipinski definition) is 4. The van der Waals surface area contributed by atoms with E-state index in [0.29, 0.717) is 26.1 Å². The first-order valence-electron chi connectivity index (χ1n) is 9.81. The first-order valence-corrected chi connectivity index (χ1v) is 9.81. The van der Waals surface area contributed by atoms with E-state index in [9.17, 15) is 14.3 Å². The summed E-state index contributed by atoms with van der Waals surface area (Å²) < 4.78 is 13.1. The van der Waals surface area contributed by atoms with E-state index in [1.54, 1.807) is 17.0 Å². The van der Waals surface area contributed by atoms with Crippen LogP contribution in [0.2, 0.25) is 0 Å². The van der Waals surface area contributed by atoms with Gasteiger partial charge in [0.15, 0.2) is 5.60 Å². The molecule has 0 aliphatic carbocycles. The van der Waals surface area contributed by atoms with Crippen LogP contribution in [0.5, 0.6) is 0 Å². The number of nitrogens with one attached hydrogen (secondary N) is 1. The van der Waals surface area contributed by atoms with Crippen LogP contribution in [0.4, 0.5) is 4.39 Å². The number of H-pyrrole nitrogens is 1. The Morgan fingerprint density at radius 1 is 1.24 bits per heavy atom. The van der Waals surface area contributed by atoms with Crippen LogP contribution in [0, 0.1) is 5.82 Å². The Bertz CT molecular complexity index is 970. The minimum absolute atomic E-state index is 0.225. The van der Waals surface area contributed by atoms with Crippen LogP contribution in [-0.4, -0.2) is 56.5 Å². The van der Waals surface area contributed by atoms with Crippen molar-refractivity contribution in [3.63, 3.8) is 0 Å². The van der Waals surface area contributed by atoms with Gasteiger partial charge in [0, 0.05) is 19.6 Å². The van der Waals surface area contributed by atoms with Gasteiger partial charge < -0.3 is 15.0 Å². The molecule has 0 unspecified atom stereocenters. The van der Waals surface area contributed by atoms with E-state index in [2.05, 4.69) is 9.97 Å². The van der Waals surface area contributed by atoms with Gasteiger partial charge in [0.1, 0.15) is 11.6 Å². The average Bonchev–Trinajstić information content (AvgIpc) is 3.09. The number of halogens is 1. The van der Waals surface area contributed by atoms with Crippen molar-refractivity contribution >= 4 is 16.9 Å². The fraction of sp³-hybridized carbons (Fsp3) is 0.364. The standard InChI is InChI=1S/C22H25FN4O2/c1-26(14-20-24-18-5-2-3-6-19(18)25-20)15-22(29)11-4-12-27(21(22)28)13-16-7-9-17(23)10-8-16/h2-3,5-10,29H,4,11-15H2,1H3,(H,24,25)/t22-/m1/s1. The van der Waals surface area contributed by atoms with Crippen LogP contribution < -0.4 is 0 Å².